The molecular formula is C13H16F4N2. The van der Waals surface area contributed by atoms with Crippen molar-refractivity contribution in [2.45, 2.75) is 25.6 Å². The summed E-state index contributed by atoms with van der Waals surface area (Å²) < 4.78 is 51.3. The van der Waals surface area contributed by atoms with Gasteiger partial charge in [0, 0.05) is 12.6 Å². The first-order valence-corrected chi connectivity index (χ1v) is 6.16. The van der Waals surface area contributed by atoms with E-state index in [1.165, 1.54) is 6.07 Å². The quantitative estimate of drug-likeness (QED) is 0.841. The SMILES string of the molecule is CC1CC(CN)CN1c1ccc(C(F)(F)F)cc1F. The largest absolute Gasteiger partial charge is 0.416 e. The summed E-state index contributed by atoms with van der Waals surface area (Å²) in [5.41, 5.74) is 4.84. The highest BCUT2D eigenvalue weighted by molar-refractivity contribution is 5.51. The number of rotatable bonds is 2. The summed E-state index contributed by atoms with van der Waals surface area (Å²) in [6.07, 6.45) is -3.69. The zero-order chi connectivity index (χ0) is 14.2. The molecule has 1 saturated heterocycles. The third kappa shape index (κ3) is 2.83. The minimum absolute atomic E-state index is 0.0831. The van der Waals surface area contributed by atoms with Gasteiger partial charge in [-0.3, -0.25) is 0 Å². The average Bonchev–Trinajstić information content (AvgIpc) is 2.69. The summed E-state index contributed by atoms with van der Waals surface area (Å²) >= 11 is 0. The second kappa shape index (κ2) is 5.00. The Morgan fingerprint density at radius 2 is 2.05 bits per heavy atom. The molecule has 0 spiro atoms. The zero-order valence-electron chi connectivity index (χ0n) is 10.5. The lowest BCUT2D eigenvalue weighted by Crippen LogP contribution is -2.28. The summed E-state index contributed by atoms with van der Waals surface area (Å²) in [5.74, 6) is -0.573. The predicted molar refractivity (Wildman–Crippen MR) is 65.4 cm³/mol. The molecule has 2 N–H and O–H groups in total. The molecule has 6 heteroatoms. The van der Waals surface area contributed by atoms with E-state index in [2.05, 4.69) is 0 Å². The van der Waals surface area contributed by atoms with Crippen molar-refractivity contribution in [2.75, 3.05) is 18.0 Å². The van der Waals surface area contributed by atoms with Gasteiger partial charge in [0.2, 0.25) is 0 Å². The van der Waals surface area contributed by atoms with Gasteiger partial charge in [-0.15, -0.1) is 0 Å². The Bertz CT molecular complexity index is 458. The summed E-state index contributed by atoms with van der Waals surface area (Å²) in [5, 5.41) is 0. The van der Waals surface area contributed by atoms with Crippen LogP contribution in [0.4, 0.5) is 23.2 Å². The lowest BCUT2D eigenvalue weighted by Gasteiger charge is -2.25. The molecule has 1 aromatic rings. The van der Waals surface area contributed by atoms with E-state index >= 15 is 0 Å². The fourth-order valence-corrected chi connectivity index (χ4v) is 2.56. The van der Waals surface area contributed by atoms with Crippen LogP contribution >= 0.6 is 0 Å². The molecule has 106 valence electrons. The molecule has 2 rings (SSSR count). The number of hydrogen-bond acceptors (Lipinski definition) is 2. The van der Waals surface area contributed by atoms with Gasteiger partial charge in [-0.2, -0.15) is 13.2 Å². The number of nitrogens with two attached hydrogens (primary N) is 1. The lowest BCUT2D eigenvalue weighted by molar-refractivity contribution is -0.137. The molecule has 2 nitrogen and oxygen atoms in total. The van der Waals surface area contributed by atoms with Crippen LogP contribution < -0.4 is 10.6 Å². The molecule has 0 radical (unpaired) electrons. The first-order chi connectivity index (χ1) is 8.82. The monoisotopic (exact) mass is 276 g/mol. The van der Waals surface area contributed by atoms with Crippen LogP contribution in [-0.2, 0) is 6.18 Å². The van der Waals surface area contributed by atoms with Crippen molar-refractivity contribution in [1.29, 1.82) is 0 Å². The minimum Gasteiger partial charge on any atom is -0.366 e. The third-order valence-corrected chi connectivity index (χ3v) is 3.58. The Morgan fingerprint density at radius 3 is 2.53 bits per heavy atom. The molecule has 0 amide bonds. The van der Waals surface area contributed by atoms with E-state index in [9.17, 15) is 17.6 Å². The predicted octanol–water partition coefficient (Wildman–Crippen LogP) is 3.02. The maximum atomic E-state index is 13.9. The minimum atomic E-state index is -4.52. The molecule has 1 aliphatic heterocycles. The van der Waals surface area contributed by atoms with Crippen LogP contribution in [-0.4, -0.2) is 19.1 Å². The van der Waals surface area contributed by atoms with E-state index in [1.807, 2.05) is 6.92 Å². The lowest BCUT2D eigenvalue weighted by atomic mass is 10.1. The van der Waals surface area contributed by atoms with Gasteiger partial charge in [0.15, 0.2) is 0 Å². The van der Waals surface area contributed by atoms with E-state index in [4.69, 9.17) is 5.73 Å². The first kappa shape index (κ1) is 14.1. The van der Waals surface area contributed by atoms with Crippen LogP contribution in [0.5, 0.6) is 0 Å². The smallest absolute Gasteiger partial charge is 0.366 e. The molecule has 1 aromatic carbocycles. The zero-order valence-corrected chi connectivity index (χ0v) is 10.5. The van der Waals surface area contributed by atoms with Crippen molar-refractivity contribution in [1.82, 2.24) is 0 Å². The Balaban J connectivity index is 2.27. The van der Waals surface area contributed by atoms with Gasteiger partial charge < -0.3 is 10.6 Å². The second-order valence-corrected chi connectivity index (χ2v) is 5.00. The van der Waals surface area contributed by atoms with Crippen LogP contribution in [0, 0.1) is 11.7 Å². The van der Waals surface area contributed by atoms with Crippen LogP contribution in [0.15, 0.2) is 18.2 Å². The van der Waals surface area contributed by atoms with Gasteiger partial charge in [0.05, 0.1) is 11.3 Å². The Labute approximate surface area is 109 Å². The van der Waals surface area contributed by atoms with Crippen LogP contribution in [0.1, 0.15) is 18.9 Å². The highest BCUT2D eigenvalue weighted by Crippen LogP contribution is 2.35. The first-order valence-electron chi connectivity index (χ1n) is 6.16. The van der Waals surface area contributed by atoms with Crippen molar-refractivity contribution >= 4 is 5.69 Å². The van der Waals surface area contributed by atoms with E-state index in [-0.39, 0.29) is 17.6 Å². The maximum Gasteiger partial charge on any atom is 0.416 e. The number of hydrogen-bond donors (Lipinski definition) is 1. The molecule has 1 fully saturated rings. The Morgan fingerprint density at radius 1 is 1.37 bits per heavy atom. The van der Waals surface area contributed by atoms with Gasteiger partial charge in [-0.05, 0) is 44.0 Å². The number of benzene rings is 1. The van der Waals surface area contributed by atoms with Crippen molar-refractivity contribution in [3.63, 3.8) is 0 Å². The van der Waals surface area contributed by atoms with Crippen LogP contribution in [0.2, 0.25) is 0 Å². The average molecular weight is 276 g/mol. The summed E-state index contributed by atoms with van der Waals surface area (Å²) in [7, 11) is 0. The molecule has 19 heavy (non-hydrogen) atoms. The van der Waals surface area contributed by atoms with Crippen molar-refractivity contribution < 1.29 is 17.6 Å². The molecule has 0 bridgehead atoms. The Kier molecular flexibility index (Phi) is 3.71. The molecule has 1 heterocycles. The molecule has 0 saturated carbocycles. The fourth-order valence-electron chi connectivity index (χ4n) is 2.56. The van der Waals surface area contributed by atoms with Crippen LogP contribution in [0.25, 0.3) is 0 Å². The molecule has 0 aliphatic carbocycles. The number of alkyl halides is 3. The van der Waals surface area contributed by atoms with E-state index in [1.54, 1.807) is 4.90 Å². The summed E-state index contributed by atoms with van der Waals surface area (Å²) in [6, 6.07) is 2.76. The van der Waals surface area contributed by atoms with Gasteiger partial charge in [0.25, 0.3) is 0 Å². The number of nitrogens with zero attached hydrogens (tertiary/aromatic N) is 1. The fraction of sp³-hybridized carbons (Fsp3) is 0.538. The summed E-state index contributed by atoms with van der Waals surface area (Å²) in [6.45, 7) is 3.01. The van der Waals surface area contributed by atoms with E-state index < -0.39 is 17.6 Å². The second-order valence-electron chi connectivity index (χ2n) is 5.00. The molecule has 2 unspecified atom stereocenters. The van der Waals surface area contributed by atoms with Gasteiger partial charge in [0.1, 0.15) is 5.82 Å². The topological polar surface area (TPSA) is 29.3 Å². The van der Waals surface area contributed by atoms with E-state index in [0.717, 1.165) is 12.5 Å². The van der Waals surface area contributed by atoms with Gasteiger partial charge in [-0.25, -0.2) is 4.39 Å². The van der Waals surface area contributed by atoms with Gasteiger partial charge in [-0.1, -0.05) is 0 Å². The van der Waals surface area contributed by atoms with Gasteiger partial charge >= 0.3 is 6.18 Å². The van der Waals surface area contributed by atoms with Crippen LogP contribution in [0.3, 0.4) is 0 Å². The summed E-state index contributed by atoms with van der Waals surface area (Å²) in [4.78, 5) is 1.78. The Hall–Kier alpha value is -1.30. The van der Waals surface area contributed by atoms with Crippen molar-refractivity contribution in [3.8, 4) is 0 Å². The highest BCUT2D eigenvalue weighted by Gasteiger charge is 2.33. The molecule has 2 atom stereocenters. The standard InChI is InChI=1S/C13H16F4N2/c1-8-4-9(6-18)7-19(8)12-3-2-10(5-11(12)14)13(15,16)17/h2-3,5,8-9H,4,6-7,18H2,1H3. The van der Waals surface area contributed by atoms with Crippen molar-refractivity contribution in [2.24, 2.45) is 11.7 Å². The van der Waals surface area contributed by atoms with Crippen molar-refractivity contribution in [3.05, 3.63) is 29.6 Å². The maximum absolute atomic E-state index is 13.9. The number of anilines is 1. The molecule has 1 aliphatic rings. The molecule has 0 aromatic heterocycles. The third-order valence-electron chi connectivity index (χ3n) is 3.58. The normalized spacial score (nSPS) is 24.0. The molecular weight excluding hydrogens is 260 g/mol. The van der Waals surface area contributed by atoms with E-state index in [0.29, 0.717) is 19.2 Å². The number of halogens is 4. The highest BCUT2D eigenvalue weighted by atomic mass is 19.4.